The Morgan fingerprint density at radius 2 is 1.54 bits per heavy atom. The summed E-state index contributed by atoms with van der Waals surface area (Å²) in [7, 11) is 0. The fraction of sp³-hybridized carbons (Fsp3) is 0.387. The predicted octanol–water partition coefficient (Wildman–Crippen LogP) is 9.17. The minimum atomic E-state index is 0.325. The van der Waals surface area contributed by atoms with Crippen LogP contribution in [0.15, 0.2) is 87.2 Å². The van der Waals surface area contributed by atoms with E-state index in [1.54, 1.807) is 35.0 Å². The third-order valence-corrected chi connectivity index (χ3v) is 6.07. The molecule has 0 amide bonds. The van der Waals surface area contributed by atoms with Gasteiger partial charge in [0, 0.05) is 28.3 Å². The van der Waals surface area contributed by atoms with Gasteiger partial charge < -0.3 is 15.2 Å². The molecule has 2 heterocycles. The molecule has 0 spiro atoms. The van der Waals surface area contributed by atoms with E-state index in [0.717, 1.165) is 6.42 Å². The number of ether oxygens (including phenoxy) is 2. The summed E-state index contributed by atoms with van der Waals surface area (Å²) < 4.78 is 10.4. The Kier molecular flexibility index (Phi) is 23.4. The fourth-order valence-corrected chi connectivity index (χ4v) is 3.74. The molecule has 0 aliphatic heterocycles. The van der Waals surface area contributed by atoms with Crippen LogP contribution in [-0.4, -0.2) is 32.8 Å². The molecule has 6 heteroatoms. The zero-order chi connectivity index (χ0) is 27.6. The topological polar surface area (TPSA) is 56.8 Å². The van der Waals surface area contributed by atoms with E-state index < -0.39 is 0 Å². The van der Waals surface area contributed by atoms with Crippen molar-refractivity contribution in [2.75, 3.05) is 26.6 Å². The summed E-state index contributed by atoms with van der Waals surface area (Å²) in [4.78, 5) is 6.55. The molecule has 2 aromatic heterocycles. The maximum atomic E-state index is 5.80. The van der Waals surface area contributed by atoms with Crippen LogP contribution in [0.25, 0.3) is 12.2 Å². The van der Waals surface area contributed by atoms with Gasteiger partial charge in [-0.1, -0.05) is 63.1 Å². The summed E-state index contributed by atoms with van der Waals surface area (Å²) in [6.07, 6.45) is 18.5. The van der Waals surface area contributed by atoms with Crippen LogP contribution >= 0.6 is 22.7 Å². The van der Waals surface area contributed by atoms with Gasteiger partial charge in [0.15, 0.2) is 0 Å². The van der Waals surface area contributed by atoms with Crippen molar-refractivity contribution < 1.29 is 9.47 Å². The molecule has 0 unspecified atom stereocenters. The van der Waals surface area contributed by atoms with Crippen molar-refractivity contribution in [3.8, 4) is 0 Å². The van der Waals surface area contributed by atoms with Gasteiger partial charge >= 0.3 is 0 Å². The first-order valence-corrected chi connectivity index (χ1v) is 14.7. The number of nitrogens with zero attached hydrogens (tertiary/aromatic N) is 1. The van der Waals surface area contributed by atoms with E-state index in [9.17, 15) is 0 Å². The van der Waals surface area contributed by atoms with E-state index in [-0.39, 0.29) is 0 Å². The first-order chi connectivity index (χ1) is 18.1. The van der Waals surface area contributed by atoms with Crippen molar-refractivity contribution in [3.05, 3.63) is 92.0 Å². The number of nitrogens with two attached hydrogens (primary N) is 1. The Morgan fingerprint density at radius 1 is 0.919 bits per heavy atom. The monoisotopic (exact) mass is 542 g/mol. The molecule has 0 saturated carbocycles. The molecule has 0 aliphatic carbocycles. The Balaban J connectivity index is 0.000000665. The number of hydrogen-bond donors (Lipinski definition) is 1. The van der Waals surface area contributed by atoms with Crippen LogP contribution in [0.4, 0.5) is 0 Å². The van der Waals surface area contributed by atoms with Crippen molar-refractivity contribution in [3.63, 3.8) is 0 Å². The average Bonchev–Trinajstić information content (AvgIpc) is 3.62. The van der Waals surface area contributed by atoms with E-state index in [4.69, 9.17) is 15.2 Å². The van der Waals surface area contributed by atoms with Gasteiger partial charge in [-0.3, -0.25) is 4.99 Å². The van der Waals surface area contributed by atoms with Gasteiger partial charge in [-0.2, -0.15) is 0 Å². The van der Waals surface area contributed by atoms with E-state index in [1.165, 1.54) is 27.3 Å². The second-order valence-electron chi connectivity index (χ2n) is 7.58. The predicted molar refractivity (Wildman–Crippen MR) is 169 cm³/mol. The first kappa shape index (κ1) is 34.5. The smallest absolute Gasteiger partial charge is 0.137 e. The maximum absolute atomic E-state index is 5.80. The van der Waals surface area contributed by atoms with Crippen LogP contribution < -0.4 is 5.73 Å². The average molecular weight is 543 g/mol. The van der Waals surface area contributed by atoms with E-state index in [2.05, 4.69) is 67.6 Å². The lowest BCUT2D eigenvalue weighted by Crippen LogP contribution is -2.03. The molecule has 2 rings (SSSR count). The van der Waals surface area contributed by atoms with Crippen molar-refractivity contribution in [2.24, 2.45) is 10.7 Å². The first-order valence-electron chi connectivity index (χ1n) is 12.9. The molecule has 2 aromatic rings. The third kappa shape index (κ3) is 20.3. The van der Waals surface area contributed by atoms with Crippen LogP contribution in [0.2, 0.25) is 0 Å². The normalized spacial score (nSPS) is 11.7. The van der Waals surface area contributed by atoms with Crippen LogP contribution in [0.1, 0.15) is 64.1 Å². The number of hydrogen-bond acceptors (Lipinski definition) is 6. The molecule has 0 radical (unpaired) electrons. The number of thiophene rings is 2. The molecular weight excluding hydrogens is 496 g/mol. The molecule has 0 aliphatic rings. The largest absolute Gasteiger partial charge is 0.399 e. The lowest BCUT2D eigenvalue weighted by atomic mass is 10.1. The lowest BCUT2D eigenvalue weighted by Gasteiger charge is -1.99. The van der Waals surface area contributed by atoms with Crippen LogP contribution in [0, 0.1) is 0 Å². The Morgan fingerprint density at radius 3 is 2.08 bits per heavy atom. The SMILES string of the molecule is CC.CCC/C=C\C(/C=C/c1cccs1)=C(C)C.CCOCCOC/N=C/C=C(N)/C=C/c1cccs1. The molecular formula is C31H46N2O2S2. The third-order valence-electron chi connectivity index (χ3n) is 4.40. The van der Waals surface area contributed by atoms with Crippen LogP contribution in [0.3, 0.4) is 0 Å². The quantitative estimate of drug-likeness (QED) is 0.147. The Labute approximate surface area is 233 Å². The zero-order valence-electron chi connectivity index (χ0n) is 23.5. The highest BCUT2D eigenvalue weighted by Gasteiger charge is 1.91. The number of unbranched alkanes of at least 4 members (excludes halogenated alkanes) is 1. The number of rotatable bonds is 14. The van der Waals surface area contributed by atoms with Gasteiger partial charge in [0.1, 0.15) is 6.73 Å². The lowest BCUT2D eigenvalue weighted by molar-refractivity contribution is 0.0563. The highest BCUT2D eigenvalue weighted by Crippen LogP contribution is 2.15. The molecule has 37 heavy (non-hydrogen) atoms. The Bertz CT molecular complexity index is 948. The second-order valence-corrected chi connectivity index (χ2v) is 9.54. The molecule has 0 bridgehead atoms. The fourth-order valence-electron chi connectivity index (χ4n) is 2.51. The molecule has 0 aromatic carbocycles. The second kappa shape index (κ2) is 25.2. The Hall–Kier alpha value is -2.51. The van der Waals surface area contributed by atoms with E-state index in [1.807, 2.05) is 50.4 Å². The number of aliphatic imine (C=N–C) groups is 1. The minimum absolute atomic E-state index is 0.325. The minimum Gasteiger partial charge on any atom is -0.399 e. The zero-order valence-corrected chi connectivity index (χ0v) is 25.1. The standard InChI is InChI=1S/C15H20S.C14H20N2O2S.C2H6/c1-4-5-6-8-14(13(2)3)10-11-15-9-7-12-16-15;1-2-17-9-10-18-12-16-8-7-13(15)5-6-14-4-3-11-19-14;1-2/h6-12H,4-5H2,1-3H3;3-8,11H,2,9-10,12,15H2,1H3;1-2H3/b8-6-,11-10+;6-5+,13-7-,16-8+;. The highest BCUT2D eigenvalue weighted by molar-refractivity contribution is 7.11. The highest BCUT2D eigenvalue weighted by atomic mass is 32.1. The van der Waals surface area contributed by atoms with Crippen molar-refractivity contribution in [2.45, 2.75) is 54.4 Å². The van der Waals surface area contributed by atoms with E-state index in [0.29, 0.717) is 32.2 Å². The molecule has 0 atom stereocenters. The van der Waals surface area contributed by atoms with Crippen molar-refractivity contribution >= 4 is 41.0 Å². The molecule has 0 fully saturated rings. The molecule has 0 saturated heterocycles. The summed E-state index contributed by atoms with van der Waals surface area (Å²) in [6, 6.07) is 8.26. The van der Waals surface area contributed by atoms with Gasteiger partial charge in [0.2, 0.25) is 0 Å². The van der Waals surface area contributed by atoms with Gasteiger partial charge in [0.25, 0.3) is 0 Å². The van der Waals surface area contributed by atoms with Gasteiger partial charge in [-0.05, 0) is 80.0 Å². The van der Waals surface area contributed by atoms with E-state index >= 15 is 0 Å². The van der Waals surface area contributed by atoms with Crippen LogP contribution in [0.5, 0.6) is 0 Å². The molecule has 4 nitrogen and oxygen atoms in total. The summed E-state index contributed by atoms with van der Waals surface area (Å²) in [5, 5.41) is 4.13. The van der Waals surface area contributed by atoms with Gasteiger partial charge in [-0.15, -0.1) is 22.7 Å². The van der Waals surface area contributed by atoms with Crippen molar-refractivity contribution in [1.82, 2.24) is 0 Å². The molecule has 204 valence electrons. The van der Waals surface area contributed by atoms with Crippen LogP contribution in [-0.2, 0) is 9.47 Å². The van der Waals surface area contributed by atoms with Gasteiger partial charge in [0.05, 0.1) is 13.2 Å². The molecule has 2 N–H and O–H groups in total. The number of allylic oxidation sites excluding steroid dienone is 7. The summed E-state index contributed by atoms with van der Waals surface area (Å²) in [6.45, 7) is 14.7. The summed E-state index contributed by atoms with van der Waals surface area (Å²) >= 11 is 3.44. The summed E-state index contributed by atoms with van der Waals surface area (Å²) in [5.74, 6) is 0. The van der Waals surface area contributed by atoms with Gasteiger partial charge in [-0.25, -0.2) is 0 Å². The summed E-state index contributed by atoms with van der Waals surface area (Å²) in [5.41, 5.74) is 9.14. The maximum Gasteiger partial charge on any atom is 0.137 e. The van der Waals surface area contributed by atoms with Crippen molar-refractivity contribution in [1.29, 1.82) is 0 Å².